The molecule has 1 aromatic carbocycles. The minimum Gasteiger partial charge on any atom is -0.491 e. The Kier molecular flexibility index (Phi) is 2.69. The Labute approximate surface area is 71.1 Å². The molecule has 0 aromatic heterocycles. The summed E-state index contributed by atoms with van der Waals surface area (Å²) in [5.74, 6) is 0.481. The van der Waals surface area contributed by atoms with Gasteiger partial charge in [-0.3, -0.25) is 4.79 Å². The van der Waals surface area contributed by atoms with Gasteiger partial charge in [-0.05, 0) is 19.1 Å². The van der Waals surface area contributed by atoms with Crippen molar-refractivity contribution in [2.75, 3.05) is 12.3 Å². The lowest BCUT2D eigenvalue weighted by Gasteiger charge is -2.07. The van der Waals surface area contributed by atoms with Crippen LogP contribution in [0.25, 0.3) is 0 Å². The van der Waals surface area contributed by atoms with Crippen LogP contribution in [0.5, 0.6) is 5.75 Å². The Morgan fingerprint density at radius 1 is 1.58 bits per heavy atom. The van der Waals surface area contributed by atoms with Gasteiger partial charge in [0.25, 0.3) is 0 Å². The molecule has 0 unspecified atom stereocenters. The van der Waals surface area contributed by atoms with Gasteiger partial charge >= 0.3 is 0 Å². The number of rotatable bonds is 3. The fourth-order valence-corrected chi connectivity index (χ4v) is 0.977. The summed E-state index contributed by atoms with van der Waals surface area (Å²) in [6.45, 7) is 2.36. The molecule has 0 saturated carbocycles. The number of anilines is 1. The first-order valence-corrected chi connectivity index (χ1v) is 3.76. The third kappa shape index (κ3) is 1.56. The number of aldehydes is 1. The number of nitrogens with two attached hydrogens (primary N) is 1. The number of benzene rings is 1. The Bertz CT molecular complexity index is 284. The Morgan fingerprint density at radius 3 is 2.92 bits per heavy atom. The summed E-state index contributed by atoms with van der Waals surface area (Å²) in [5.41, 5.74) is 6.60. The standard InChI is InChI=1S/C9H11NO2/c1-2-12-9-7(6-11)4-3-5-8(9)10/h3-6H,2,10H2,1H3. The van der Waals surface area contributed by atoms with Crippen LogP contribution in [0.3, 0.4) is 0 Å². The second-order valence-electron chi connectivity index (χ2n) is 2.32. The summed E-state index contributed by atoms with van der Waals surface area (Å²) in [4.78, 5) is 10.5. The maximum atomic E-state index is 10.5. The highest BCUT2D eigenvalue weighted by atomic mass is 16.5. The Hall–Kier alpha value is -1.51. The first kappa shape index (κ1) is 8.59. The normalized spacial score (nSPS) is 9.42. The van der Waals surface area contributed by atoms with Crippen LogP contribution >= 0.6 is 0 Å². The minimum absolute atomic E-state index is 0.481. The Balaban J connectivity index is 3.10. The average molecular weight is 165 g/mol. The second kappa shape index (κ2) is 3.76. The number of carbonyl (C=O) groups is 1. The van der Waals surface area contributed by atoms with Gasteiger partial charge in [0.05, 0.1) is 17.9 Å². The first-order chi connectivity index (χ1) is 5.79. The number of hydrogen-bond donors (Lipinski definition) is 1. The second-order valence-corrected chi connectivity index (χ2v) is 2.32. The van der Waals surface area contributed by atoms with E-state index in [1.165, 1.54) is 0 Å². The molecule has 0 atom stereocenters. The van der Waals surface area contributed by atoms with E-state index < -0.39 is 0 Å². The van der Waals surface area contributed by atoms with E-state index in [2.05, 4.69) is 0 Å². The molecule has 0 heterocycles. The summed E-state index contributed by atoms with van der Waals surface area (Å²) in [7, 11) is 0. The molecule has 64 valence electrons. The van der Waals surface area contributed by atoms with Crippen LogP contribution in [-0.4, -0.2) is 12.9 Å². The van der Waals surface area contributed by atoms with Crippen molar-refractivity contribution in [1.29, 1.82) is 0 Å². The van der Waals surface area contributed by atoms with Gasteiger partial charge in [0.15, 0.2) is 12.0 Å². The first-order valence-electron chi connectivity index (χ1n) is 3.76. The van der Waals surface area contributed by atoms with Crippen LogP contribution < -0.4 is 10.5 Å². The molecular weight excluding hydrogens is 154 g/mol. The smallest absolute Gasteiger partial charge is 0.153 e. The monoisotopic (exact) mass is 165 g/mol. The van der Waals surface area contributed by atoms with Crippen molar-refractivity contribution in [2.24, 2.45) is 0 Å². The van der Waals surface area contributed by atoms with Crippen molar-refractivity contribution in [1.82, 2.24) is 0 Å². The number of para-hydroxylation sites is 1. The summed E-state index contributed by atoms with van der Waals surface area (Å²) >= 11 is 0. The van der Waals surface area contributed by atoms with Gasteiger partial charge in [-0.1, -0.05) is 6.07 Å². The molecule has 0 spiro atoms. The zero-order valence-corrected chi connectivity index (χ0v) is 6.91. The van der Waals surface area contributed by atoms with Crippen molar-refractivity contribution in [3.63, 3.8) is 0 Å². The van der Waals surface area contributed by atoms with Crippen LogP contribution in [0.1, 0.15) is 17.3 Å². The molecule has 0 aliphatic rings. The highest BCUT2D eigenvalue weighted by molar-refractivity contribution is 5.83. The third-order valence-electron chi connectivity index (χ3n) is 1.49. The SMILES string of the molecule is CCOc1c(N)cccc1C=O. The molecule has 12 heavy (non-hydrogen) atoms. The van der Waals surface area contributed by atoms with Gasteiger partial charge in [-0.2, -0.15) is 0 Å². The largest absolute Gasteiger partial charge is 0.491 e. The molecule has 0 radical (unpaired) electrons. The number of hydrogen-bond acceptors (Lipinski definition) is 3. The molecular formula is C9H11NO2. The predicted octanol–water partition coefficient (Wildman–Crippen LogP) is 1.48. The molecule has 0 aliphatic heterocycles. The van der Waals surface area contributed by atoms with Gasteiger partial charge in [0, 0.05) is 0 Å². The Morgan fingerprint density at radius 2 is 2.33 bits per heavy atom. The van der Waals surface area contributed by atoms with Crippen molar-refractivity contribution in [3.05, 3.63) is 23.8 Å². The molecule has 1 rings (SSSR count). The van der Waals surface area contributed by atoms with Gasteiger partial charge in [-0.25, -0.2) is 0 Å². The summed E-state index contributed by atoms with van der Waals surface area (Å²) in [6, 6.07) is 5.11. The van der Waals surface area contributed by atoms with Crippen molar-refractivity contribution >= 4 is 12.0 Å². The van der Waals surface area contributed by atoms with Crippen molar-refractivity contribution < 1.29 is 9.53 Å². The van der Waals surface area contributed by atoms with E-state index in [-0.39, 0.29) is 0 Å². The van der Waals surface area contributed by atoms with E-state index >= 15 is 0 Å². The van der Waals surface area contributed by atoms with E-state index in [0.29, 0.717) is 23.6 Å². The van der Waals surface area contributed by atoms with E-state index in [4.69, 9.17) is 10.5 Å². The molecule has 1 aromatic rings. The molecule has 3 nitrogen and oxygen atoms in total. The fourth-order valence-electron chi connectivity index (χ4n) is 0.977. The molecule has 0 saturated heterocycles. The topological polar surface area (TPSA) is 52.3 Å². The molecule has 2 N–H and O–H groups in total. The maximum absolute atomic E-state index is 10.5. The zero-order valence-electron chi connectivity index (χ0n) is 6.91. The van der Waals surface area contributed by atoms with Crippen LogP contribution in [-0.2, 0) is 0 Å². The minimum atomic E-state index is 0.481. The van der Waals surface area contributed by atoms with Gasteiger partial charge in [-0.15, -0.1) is 0 Å². The average Bonchev–Trinajstić information content (AvgIpc) is 2.09. The highest BCUT2D eigenvalue weighted by Gasteiger charge is 2.04. The lowest BCUT2D eigenvalue weighted by atomic mass is 10.2. The molecule has 0 aliphatic carbocycles. The van der Waals surface area contributed by atoms with E-state index in [1.807, 2.05) is 6.92 Å². The van der Waals surface area contributed by atoms with Crippen LogP contribution in [0, 0.1) is 0 Å². The highest BCUT2D eigenvalue weighted by Crippen LogP contribution is 2.24. The lowest BCUT2D eigenvalue weighted by molar-refractivity contribution is 0.112. The summed E-state index contributed by atoms with van der Waals surface area (Å²) in [5, 5.41) is 0. The zero-order chi connectivity index (χ0) is 8.97. The van der Waals surface area contributed by atoms with E-state index in [0.717, 1.165) is 6.29 Å². The third-order valence-corrected chi connectivity index (χ3v) is 1.49. The maximum Gasteiger partial charge on any atom is 0.153 e. The lowest BCUT2D eigenvalue weighted by Crippen LogP contribution is -2.00. The molecule has 0 bridgehead atoms. The number of ether oxygens (including phenoxy) is 1. The van der Waals surface area contributed by atoms with E-state index in [1.54, 1.807) is 18.2 Å². The van der Waals surface area contributed by atoms with Crippen molar-refractivity contribution in [3.8, 4) is 5.75 Å². The van der Waals surface area contributed by atoms with E-state index in [9.17, 15) is 4.79 Å². The molecule has 0 amide bonds. The van der Waals surface area contributed by atoms with Gasteiger partial charge in [0.1, 0.15) is 0 Å². The van der Waals surface area contributed by atoms with Crippen LogP contribution in [0.2, 0.25) is 0 Å². The fraction of sp³-hybridized carbons (Fsp3) is 0.222. The molecule has 3 heteroatoms. The van der Waals surface area contributed by atoms with Crippen molar-refractivity contribution in [2.45, 2.75) is 6.92 Å². The number of nitrogen functional groups attached to an aromatic ring is 1. The number of carbonyl (C=O) groups excluding carboxylic acids is 1. The summed E-state index contributed by atoms with van der Waals surface area (Å²) in [6.07, 6.45) is 0.737. The van der Waals surface area contributed by atoms with Crippen LogP contribution in [0.15, 0.2) is 18.2 Å². The van der Waals surface area contributed by atoms with Crippen LogP contribution in [0.4, 0.5) is 5.69 Å². The van der Waals surface area contributed by atoms with Gasteiger partial charge < -0.3 is 10.5 Å². The molecule has 0 fully saturated rings. The summed E-state index contributed by atoms with van der Waals surface area (Å²) < 4.78 is 5.20. The quantitative estimate of drug-likeness (QED) is 0.545. The predicted molar refractivity (Wildman–Crippen MR) is 47.4 cm³/mol. The van der Waals surface area contributed by atoms with Gasteiger partial charge in [0.2, 0.25) is 0 Å².